The number of hydrogen-bond donors (Lipinski definition) is 1. The molecule has 1 aromatic heterocycles. The minimum atomic E-state index is -1.19. The Balaban J connectivity index is 1.76. The zero-order valence-electron chi connectivity index (χ0n) is 14.3. The summed E-state index contributed by atoms with van der Waals surface area (Å²) in [6.07, 6.45) is -1.19. The van der Waals surface area contributed by atoms with Crippen LogP contribution < -0.4 is 10.9 Å². The molecule has 1 heterocycles. The summed E-state index contributed by atoms with van der Waals surface area (Å²) < 4.78 is 10.2. The smallest absolute Gasteiger partial charge is 0.351 e. The largest absolute Gasteiger partial charge is 0.449 e. The van der Waals surface area contributed by atoms with Crippen LogP contribution in [0, 0.1) is 11.3 Å². The van der Waals surface area contributed by atoms with Crippen LogP contribution in [0.25, 0.3) is 11.0 Å². The highest BCUT2D eigenvalue weighted by Crippen LogP contribution is 2.16. The van der Waals surface area contributed by atoms with Gasteiger partial charge in [0.15, 0.2) is 6.10 Å². The number of esters is 1. The molecule has 27 heavy (non-hydrogen) atoms. The van der Waals surface area contributed by atoms with E-state index in [9.17, 15) is 14.4 Å². The van der Waals surface area contributed by atoms with Crippen molar-refractivity contribution >= 4 is 28.5 Å². The van der Waals surface area contributed by atoms with E-state index in [2.05, 4.69) is 5.32 Å². The number of ether oxygens (including phenoxy) is 1. The Morgan fingerprint density at radius 2 is 1.85 bits per heavy atom. The summed E-state index contributed by atoms with van der Waals surface area (Å²) >= 11 is 0. The molecule has 7 heteroatoms. The molecule has 0 spiro atoms. The van der Waals surface area contributed by atoms with Gasteiger partial charge in [0, 0.05) is 5.39 Å². The van der Waals surface area contributed by atoms with Crippen LogP contribution in [0.4, 0.5) is 5.69 Å². The number of hydrogen-bond acceptors (Lipinski definition) is 6. The molecule has 3 rings (SSSR count). The standard InChI is InChI=1S/C20H14N2O5/c1-12(18(23)22-16-8-4-2-7-14(16)11-21)26-19(24)15-10-13-6-3-5-9-17(13)27-20(15)25/h2-10,12H,1H3,(H,22,23)/t12-/m0/s1. The molecule has 0 saturated carbocycles. The number of benzene rings is 2. The summed E-state index contributed by atoms with van der Waals surface area (Å²) in [5.41, 5.74) is -0.220. The second-order valence-electron chi connectivity index (χ2n) is 5.68. The van der Waals surface area contributed by atoms with Gasteiger partial charge in [0.25, 0.3) is 5.91 Å². The number of amides is 1. The van der Waals surface area contributed by atoms with Gasteiger partial charge in [0.1, 0.15) is 17.2 Å². The zero-order chi connectivity index (χ0) is 19.4. The zero-order valence-corrected chi connectivity index (χ0v) is 14.3. The Kier molecular flexibility index (Phi) is 4.99. The predicted octanol–water partition coefficient (Wildman–Crippen LogP) is 2.85. The lowest BCUT2D eigenvalue weighted by Gasteiger charge is -2.14. The van der Waals surface area contributed by atoms with Crippen molar-refractivity contribution in [3.05, 3.63) is 76.1 Å². The topological polar surface area (TPSA) is 109 Å². The lowest BCUT2D eigenvalue weighted by molar-refractivity contribution is -0.123. The lowest BCUT2D eigenvalue weighted by Crippen LogP contribution is -2.31. The highest BCUT2D eigenvalue weighted by atomic mass is 16.5. The van der Waals surface area contributed by atoms with Crippen LogP contribution in [0.5, 0.6) is 0 Å². The average molecular weight is 362 g/mol. The molecule has 134 valence electrons. The van der Waals surface area contributed by atoms with Gasteiger partial charge in [-0.15, -0.1) is 0 Å². The lowest BCUT2D eigenvalue weighted by atomic mass is 10.2. The van der Waals surface area contributed by atoms with Gasteiger partial charge in [0.2, 0.25) is 0 Å². The highest BCUT2D eigenvalue weighted by Gasteiger charge is 2.22. The van der Waals surface area contributed by atoms with Crippen molar-refractivity contribution in [1.82, 2.24) is 0 Å². The van der Waals surface area contributed by atoms with Crippen LogP contribution >= 0.6 is 0 Å². The van der Waals surface area contributed by atoms with E-state index in [1.165, 1.54) is 13.0 Å². The maximum Gasteiger partial charge on any atom is 0.351 e. The fraction of sp³-hybridized carbons (Fsp3) is 0.100. The van der Waals surface area contributed by atoms with Crippen LogP contribution in [0.2, 0.25) is 0 Å². The first kappa shape index (κ1) is 17.9. The molecule has 0 unspecified atom stereocenters. The van der Waals surface area contributed by atoms with E-state index in [-0.39, 0.29) is 11.1 Å². The predicted molar refractivity (Wildman–Crippen MR) is 97.1 cm³/mol. The number of fused-ring (bicyclic) bond motifs is 1. The first-order chi connectivity index (χ1) is 13.0. The van der Waals surface area contributed by atoms with Crippen LogP contribution in [0.3, 0.4) is 0 Å². The summed E-state index contributed by atoms with van der Waals surface area (Å²) in [4.78, 5) is 36.5. The molecule has 1 atom stereocenters. The molecular formula is C20H14N2O5. The Bertz CT molecular complexity index is 1130. The van der Waals surface area contributed by atoms with Gasteiger partial charge in [-0.05, 0) is 31.2 Å². The quantitative estimate of drug-likeness (QED) is 0.564. The number of para-hydroxylation sites is 2. The number of carbonyl (C=O) groups excluding carboxylic acids is 2. The summed E-state index contributed by atoms with van der Waals surface area (Å²) in [6.45, 7) is 1.37. The molecule has 1 amide bonds. The maximum atomic E-state index is 12.3. The summed E-state index contributed by atoms with van der Waals surface area (Å²) in [6, 6.07) is 16.5. The van der Waals surface area contributed by atoms with Gasteiger partial charge in [-0.3, -0.25) is 4.79 Å². The minimum Gasteiger partial charge on any atom is -0.449 e. The molecule has 7 nitrogen and oxygen atoms in total. The van der Waals surface area contributed by atoms with E-state index in [4.69, 9.17) is 14.4 Å². The van der Waals surface area contributed by atoms with Crippen molar-refractivity contribution in [3.8, 4) is 6.07 Å². The monoisotopic (exact) mass is 362 g/mol. The fourth-order valence-electron chi connectivity index (χ4n) is 2.41. The average Bonchev–Trinajstić information content (AvgIpc) is 2.67. The molecule has 0 radical (unpaired) electrons. The van der Waals surface area contributed by atoms with Gasteiger partial charge >= 0.3 is 11.6 Å². The van der Waals surface area contributed by atoms with Crippen LogP contribution in [-0.4, -0.2) is 18.0 Å². The van der Waals surface area contributed by atoms with Gasteiger partial charge in [-0.25, -0.2) is 9.59 Å². The van der Waals surface area contributed by atoms with Gasteiger partial charge < -0.3 is 14.5 Å². The number of carbonyl (C=O) groups is 2. The van der Waals surface area contributed by atoms with E-state index < -0.39 is 23.6 Å². The number of anilines is 1. The Morgan fingerprint density at radius 3 is 2.63 bits per heavy atom. The van der Waals surface area contributed by atoms with Crippen molar-refractivity contribution < 1.29 is 18.7 Å². The number of rotatable bonds is 4. The van der Waals surface area contributed by atoms with Crippen molar-refractivity contribution in [2.45, 2.75) is 13.0 Å². The van der Waals surface area contributed by atoms with E-state index in [1.54, 1.807) is 48.5 Å². The SMILES string of the molecule is C[C@H](OC(=O)c1cc2ccccc2oc1=O)C(=O)Nc1ccccc1C#N. The van der Waals surface area contributed by atoms with Crippen molar-refractivity contribution in [1.29, 1.82) is 5.26 Å². The highest BCUT2D eigenvalue weighted by molar-refractivity contribution is 5.98. The van der Waals surface area contributed by atoms with Crippen LogP contribution in [0.15, 0.2) is 63.8 Å². The summed E-state index contributed by atoms with van der Waals surface area (Å²) in [5.74, 6) is -1.60. The third-order valence-electron chi connectivity index (χ3n) is 3.82. The second-order valence-corrected chi connectivity index (χ2v) is 5.68. The van der Waals surface area contributed by atoms with Crippen LogP contribution in [0.1, 0.15) is 22.8 Å². The van der Waals surface area contributed by atoms with Gasteiger partial charge in [-0.1, -0.05) is 30.3 Å². The Hall–Kier alpha value is -3.92. The fourth-order valence-corrected chi connectivity index (χ4v) is 2.41. The maximum absolute atomic E-state index is 12.3. The van der Waals surface area contributed by atoms with Gasteiger partial charge in [0.05, 0.1) is 11.3 Å². The molecule has 0 bridgehead atoms. The van der Waals surface area contributed by atoms with Crippen molar-refractivity contribution in [2.75, 3.05) is 5.32 Å². The minimum absolute atomic E-state index is 0.277. The molecule has 2 aromatic carbocycles. The van der Waals surface area contributed by atoms with Crippen molar-refractivity contribution in [2.24, 2.45) is 0 Å². The molecule has 1 N–H and O–H groups in total. The number of nitrogens with one attached hydrogen (secondary N) is 1. The second kappa shape index (κ2) is 7.54. The number of nitrogens with zero attached hydrogens (tertiary/aromatic N) is 1. The molecule has 0 fully saturated rings. The van der Waals surface area contributed by atoms with Gasteiger partial charge in [-0.2, -0.15) is 5.26 Å². The molecule has 0 aliphatic carbocycles. The van der Waals surface area contributed by atoms with Crippen molar-refractivity contribution in [3.63, 3.8) is 0 Å². The normalized spacial score (nSPS) is 11.4. The van der Waals surface area contributed by atoms with Crippen LogP contribution in [-0.2, 0) is 9.53 Å². The third kappa shape index (κ3) is 3.85. The molecule has 3 aromatic rings. The van der Waals surface area contributed by atoms with E-state index in [0.29, 0.717) is 16.7 Å². The van der Waals surface area contributed by atoms with E-state index >= 15 is 0 Å². The molecular weight excluding hydrogens is 348 g/mol. The molecule has 0 aliphatic rings. The Labute approximate surface area is 153 Å². The first-order valence-corrected chi connectivity index (χ1v) is 8.03. The summed E-state index contributed by atoms with van der Waals surface area (Å²) in [5, 5.41) is 12.1. The van der Waals surface area contributed by atoms with E-state index in [1.807, 2.05) is 6.07 Å². The molecule has 0 aliphatic heterocycles. The Morgan fingerprint density at radius 1 is 1.15 bits per heavy atom. The number of nitriles is 1. The third-order valence-corrected chi connectivity index (χ3v) is 3.82. The van der Waals surface area contributed by atoms with E-state index in [0.717, 1.165) is 0 Å². The summed E-state index contributed by atoms with van der Waals surface area (Å²) in [7, 11) is 0. The molecule has 0 saturated heterocycles. The first-order valence-electron chi connectivity index (χ1n) is 8.03.